The summed E-state index contributed by atoms with van der Waals surface area (Å²) in [6.45, 7) is 4.21. The Morgan fingerprint density at radius 3 is 2.57 bits per heavy atom. The molecule has 1 N–H and O–H groups in total. The number of fused-ring (bicyclic) bond motifs is 2. The van der Waals surface area contributed by atoms with E-state index in [2.05, 4.69) is 18.2 Å². The Hall–Kier alpha value is -3.08. The standard InChI is InChI=1S/C25H20ClNO3/c1-16-24-19(14-27(15-29-24)13-17-7-9-20(26)10-8-17)11-22-21(12-23(28)30-25(16)22)18-5-3-2-4-6-18/h2-12H,13-15H2,1H3/p+1. The van der Waals surface area contributed by atoms with Gasteiger partial charge in [0, 0.05) is 33.2 Å². The van der Waals surface area contributed by atoms with Gasteiger partial charge in [-0.2, -0.15) is 0 Å². The number of hydrogen-bond donors (Lipinski definition) is 1. The van der Waals surface area contributed by atoms with Crippen LogP contribution in [0.5, 0.6) is 5.75 Å². The summed E-state index contributed by atoms with van der Waals surface area (Å²) in [5, 5.41) is 1.68. The molecule has 4 nitrogen and oxygen atoms in total. The van der Waals surface area contributed by atoms with E-state index in [1.165, 1.54) is 10.5 Å². The summed E-state index contributed by atoms with van der Waals surface area (Å²) in [6, 6.07) is 21.6. The third-order valence-electron chi connectivity index (χ3n) is 5.60. The van der Waals surface area contributed by atoms with E-state index in [9.17, 15) is 4.79 Å². The van der Waals surface area contributed by atoms with E-state index in [1.807, 2.05) is 49.4 Å². The van der Waals surface area contributed by atoms with Gasteiger partial charge in [-0.1, -0.05) is 54.1 Å². The highest BCUT2D eigenvalue weighted by molar-refractivity contribution is 6.30. The Labute approximate surface area is 179 Å². The van der Waals surface area contributed by atoms with Crippen molar-refractivity contribution >= 4 is 22.6 Å². The van der Waals surface area contributed by atoms with Crippen molar-refractivity contribution in [1.82, 2.24) is 0 Å². The van der Waals surface area contributed by atoms with Gasteiger partial charge in [-0.15, -0.1) is 0 Å². The van der Waals surface area contributed by atoms with Crippen LogP contribution in [-0.4, -0.2) is 6.73 Å². The van der Waals surface area contributed by atoms with Crippen LogP contribution in [0, 0.1) is 6.92 Å². The van der Waals surface area contributed by atoms with Gasteiger partial charge in [0.15, 0.2) is 0 Å². The van der Waals surface area contributed by atoms with Crippen LogP contribution in [0.4, 0.5) is 0 Å². The summed E-state index contributed by atoms with van der Waals surface area (Å²) >= 11 is 6.01. The Morgan fingerprint density at radius 2 is 1.80 bits per heavy atom. The minimum absolute atomic E-state index is 0.352. The molecule has 0 saturated carbocycles. The molecule has 0 saturated heterocycles. The average Bonchev–Trinajstić information content (AvgIpc) is 2.76. The first kappa shape index (κ1) is 18.9. The molecular weight excluding hydrogens is 398 g/mol. The van der Waals surface area contributed by atoms with E-state index in [4.69, 9.17) is 20.8 Å². The Bertz CT molecular complexity index is 1280. The molecule has 1 aliphatic rings. The van der Waals surface area contributed by atoms with Crippen LogP contribution >= 0.6 is 11.6 Å². The maximum Gasteiger partial charge on any atom is 0.336 e. The van der Waals surface area contributed by atoms with Crippen LogP contribution in [-0.2, 0) is 13.1 Å². The fraction of sp³-hybridized carbons (Fsp3) is 0.160. The first-order chi connectivity index (χ1) is 14.6. The van der Waals surface area contributed by atoms with Gasteiger partial charge in [0.2, 0.25) is 6.73 Å². The van der Waals surface area contributed by atoms with E-state index in [0.29, 0.717) is 12.3 Å². The van der Waals surface area contributed by atoms with Crippen LogP contribution < -0.4 is 15.3 Å². The highest BCUT2D eigenvalue weighted by Gasteiger charge is 2.25. The van der Waals surface area contributed by atoms with Gasteiger partial charge >= 0.3 is 5.63 Å². The first-order valence-electron chi connectivity index (χ1n) is 9.95. The van der Waals surface area contributed by atoms with Crippen molar-refractivity contribution in [2.45, 2.75) is 20.0 Å². The summed E-state index contributed by atoms with van der Waals surface area (Å²) in [4.78, 5) is 13.6. The molecule has 0 aliphatic carbocycles. The molecular formula is C25H21ClNO3+. The molecule has 1 unspecified atom stereocenters. The Kier molecular flexibility index (Phi) is 4.81. The zero-order valence-corrected chi connectivity index (χ0v) is 17.3. The van der Waals surface area contributed by atoms with Crippen LogP contribution in [0.2, 0.25) is 5.02 Å². The molecule has 1 atom stereocenters. The number of quaternary nitrogens is 1. The van der Waals surface area contributed by atoms with Gasteiger partial charge in [-0.05, 0) is 36.2 Å². The molecule has 4 aromatic rings. The summed E-state index contributed by atoms with van der Waals surface area (Å²) < 4.78 is 11.7. The predicted molar refractivity (Wildman–Crippen MR) is 118 cm³/mol. The second-order valence-electron chi connectivity index (χ2n) is 7.73. The maximum atomic E-state index is 12.3. The Balaban J connectivity index is 1.57. The van der Waals surface area contributed by atoms with Crippen molar-refractivity contribution in [2.24, 2.45) is 0 Å². The molecule has 1 aliphatic heterocycles. The predicted octanol–water partition coefficient (Wildman–Crippen LogP) is 4.36. The smallest absolute Gasteiger partial charge is 0.336 e. The zero-order valence-electron chi connectivity index (χ0n) is 16.6. The summed E-state index contributed by atoms with van der Waals surface area (Å²) in [5.41, 5.74) is 5.35. The highest BCUT2D eigenvalue weighted by Crippen LogP contribution is 2.36. The minimum atomic E-state index is -0.352. The van der Waals surface area contributed by atoms with Gasteiger partial charge in [-0.25, -0.2) is 4.79 Å². The lowest BCUT2D eigenvalue weighted by Crippen LogP contribution is -3.10. The lowest BCUT2D eigenvalue weighted by Gasteiger charge is -2.28. The second-order valence-corrected chi connectivity index (χ2v) is 8.17. The molecule has 0 fully saturated rings. The van der Waals surface area contributed by atoms with Crippen molar-refractivity contribution in [2.75, 3.05) is 6.73 Å². The number of aryl methyl sites for hydroxylation is 1. The Morgan fingerprint density at radius 1 is 1.03 bits per heavy atom. The molecule has 3 aromatic carbocycles. The normalized spacial score (nSPS) is 15.6. The van der Waals surface area contributed by atoms with Gasteiger partial charge in [-0.3, -0.25) is 4.90 Å². The zero-order chi connectivity index (χ0) is 20.7. The van der Waals surface area contributed by atoms with Gasteiger partial charge in [0.1, 0.15) is 24.4 Å². The lowest BCUT2D eigenvalue weighted by atomic mass is 9.97. The molecule has 1 aromatic heterocycles. The van der Waals surface area contributed by atoms with Crippen molar-refractivity contribution in [1.29, 1.82) is 0 Å². The van der Waals surface area contributed by atoms with Crippen LogP contribution in [0.1, 0.15) is 16.7 Å². The lowest BCUT2D eigenvalue weighted by molar-refractivity contribution is -0.945. The number of ether oxygens (including phenoxy) is 1. The van der Waals surface area contributed by atoms with E-state index in [-0.39, 0.29) is 5.63 Å². The van der Waals surface area contributed by atoms with Crippen molar-refractivity contribution in [3.63, 3.8) is 0 Å². The van der Waals surface area contributed by atoms with E-state index < -0.39 is 0 Å². The maximum absolute atomic E-state index is 12.3. The summed E-state index contributed by atoms with van der Waals surface area (Å²) in [6.07, 6.45) is 0. The molecule has 0 radical (unpaired) electrons. The van der Waals surface area contributed by atoms with Crippen LogP contribution in [0.3, 0.4) is 0 Å². The fourth-order valence-electron chi connectivity index (χ4n) is 4.20. The molecule has 5 rings (SSSR count). The third-order valence-corrected chi connectivity index (χ3v) is 5.86. The van der Waals surface area contributed by atoms with E-state index in [1.54, 1.807) is 6.07 Å². The molecule has 150 valence electrons. The van der Waals surface area contributed by atoms with Crippen LogP contribution in [0.25, 0.3) is 22.1 Å². The van der Waals surface area contributed by atoms with Crippen molar-refractivity contribution in [3.05, 3.63) is 98.9 Å². The minimum Gasteiger partial charge on any atom is -0.444 e. The molecule has 0 bridgehead atoms. The summed E-state index contributed by atoms with van der Waals surface area (Å²) in [7, 11) is 0. The molecule has 2 heterocycles. The quantitative estimate of drug-likeness (QED) is 0.503. The monoisotopic (exact) mass is 418 g/mol. The third kappa shape index (κ3) is 3.49. The topological polar surface area (TPSA) is 43.9 Å². The first-order valence-corrected chi connectivity index (χ1v) is 10.3. The average molecular weight is 419 g/mol. The highest BCUT2D eigenvalue weighted by atomic mass is 35.5. The summed E-state index contributed by atoms with van der Waals surface area (Å²) in [5.74, 6) is 0.829. The van der Waals surface area contributed by atoms with Gasteiger partial charge in [0.25, 0.3) is 0 Å². The van der Waals surface area contributed by atoms with Crippen molar-refractivity contribution in [3.8, 4) is 16.9 Å². The van der Waals surface area contributed by atoms with Gasteiger partial charge < -0.3 is 9.15 Å². The van der Waals surface area contributed by atoms with Gasteiger partial charge in [0.05, 0.1) is 0 Å². The number of halogens is 1. The SMILES string of the molecule is Cc1c2c(cc3c(-c4ccccc4)cc(=O)oc13)C[NH+](Cc1ccc(Cl)cc1)CO2. The second kappa shape index (κ2) is 7.63. The largest absolute Gasteiger partial charge is 0.444 e. The van der Waals surface area contributed by atoms with Crippen molar-refractivity contribution < 1.29 is 14.1 Å². The molecule has 0 amide bonds. The molecule has 5 heteroatoms. The van der Waals surface area contributed by atoms with Crippen LogP contribution in [0.15, 0.2) is 75.9 Å². The fourth-order valence-corrected chi connectivity index (χ4v) is 4.32. The van der Waals surface area contributed by atoms with E-state index >= 15 is 0 Å². The number of hydrogen-bond acceptors (Lipinski definition) is 3. The number of rotatable bonds is 3. The van der Waals surface area contributed by atoms with E-state index in [0.717, 1.165) is 51.5 Å². The number of benzene rings is 3. The molecule has 0 spiro atoms. The molecule has 30 heavy (non-hydrogen) atoms. The number of nitrogens with one attached hydrogen (secondary N) is 1.